The van der Waals surface area contributed by atoms with Gasteiger partial charge in [0.05, 0.1) is 6.26 Å². The third-order valence-electron chi connectivity index (χ3n) is 2.46. The van der Waals surface area contributed by atoms with Crippen LogP contribution in [0.2, 0.25) is 0 Å². The van der Waals surface area contributed by atoms with Crippen LogP contribution in [0.15, 0.2) is 63.8 Å². The Morgan fingerprint density at radius 2 is 1.94 bits per heavy atom. The quantitative estimate of drug-likeness (QED) is 0.773. The summed E-state index contributed by atoms with van der Waals surface area (Å²) in [6.45, 7) is 0. The summed E-state index contributed by atoms with van der Waals surface area (Å²) in [5, 5.41) is 0.684. The molecule has 1 aliphatic rings. The number of aliphatic imine (C=N–C) groups is 1. The summed E-state index contributed by atoms with van der Waals surface area (Å²) in [4.78, 5) is 16.2. The maximum absolute atomic E-state index is 11.8. The topological polar surface area (TPSA) is 42.6 Å². The van der Waals surface area contributed by atoms with E-state index in [9.17, 15) is 4.79 Å². The molecule has 0 aliphatic carbocycles. The highest BCUT2D eigenvalue weighted by Gasteiger charge is 2.23. The van der Waals surface area contributed by atoms with Gasteiger partial charge in [0.1, 0.15) is 16.5 Å². The fourth-order valence-corrected chi connectivity index (χ4v) is 2.40. The standard InChI is InChI=1S/C14H9NO2S/c16-14-12(9-11-7-4-8-17-11)15-13(18-14)10-5-2-1-3-6-10/h1-9H/b12-9-. The Labute approximate surface area is 108 Å². The molecule has 0 fully saturated rings. The van der Waals surface area contributed by atoms with Gasteiger partial charge in [0.25, 0.3) is 0 Å². The highest BCUT2D eigenvalue weighted by Crippen LogP contribution is 2.28. The van der Waals surface area contributed by atoms with Gasteiger partial charge in [0, 0.05) is 11.6 Å². The zero-order valence-electron chi connectivity index (χ0n) is 9.37. The molecule has 0 atom stereocenters. The van der Waals surface area contributed by atoms with Crippen molar-refractivity contribution in [3.05, 3.63) is 65.7 Å². The molecule has 3 nitrogen and oxygen atoms in total. The van der Waals surface area contributed by atoms with E-state index in [1.54, 1.807) is 24.5 Å². The van der Waals surface area contributed by atoms with Crippen molar-refractivity contribution in [1.29, 1.82) is 0 Å². The van der Waals surface area contributed by atoms with Crippen LogP contribution in [0.5, 0.6) is 0 Å². The van der Waals surface area contributed by atoms with Gasteiger partial charge in [0.15, 0.2) is 0 Å². The fraction of sp³-hybridized carbons (Fsp3) is 0. The molecular formula is C14H9NO2S. The first-order valence-electron chi connectivity index (χ1n) is 5.44. The van der Waals surface area contributed by atoms with Gasteiger partial charge in [-0.2, -0.15) is 0 Å². The van der Waals surface area contributed by atoms with Gasteiger partial charge in [-0.15, -0.1) is 0 Å². The lowest BCUT2D eigenvalue weighted by Crippen LogP contribution is -1.91. The average molecular weight is 255 g/mol. The highest BCUT2D eigenvalue weighted by molar-refractivity contribution is 8.27. The Kier molecular flexibility index (Phi) is 2.86. The van der Waals surface area contributed by atoms with Gasteiger partial charge in [0.2, 0.25) is 5.12 Å². The van der Waals surface area contributed by atoms with Gasteiger partial charge in [-0.25, -0.2) is 4.99 Å². The van der Waals surface area contributed by atoms with Crippen LogP contribution < -0.4 is 0 Å². The van der Waals surface area contributed by atoms with Crippen LogP contribution >= 0.6 is 11.8 Å². The van der Waals surface area contributed by atoms with Crippen molar-refractivity contribution < 1.29 is 9.21 Å². The number of benzene rings is 1. The summed E-state index contributed by atoms with van der Waals surface area (Å²) in [5.74, 6) is 0.636. The molecule has 1 aromatic heterocycles. The molecule has 1 aliphatic heterocycles. The molecule has 0 amide bonds. The number of nitrogens with zero attached hydrogens (tertiary/aromatic N) is 1. The molecule has 1 aromatic carbocycles. The van der Waals surface area contributed by atoms with E-state index in [1.165, 1.54) is 0 Å². The molecule has 18 heavy (non-hydrogen) atoms. The molecule has 0 saturated carbocycles. The van der Waals surface area contributed by atoms with Crippen molar-refractivity contribution in [2.24, 2.45) is 4.99 Å². The van der Waals surface area contributed by atoms with Crippen LogP contribution in [0.1, 0.15) is 11.3 Å². The number of hydrogen-bond acceptors (Lipinski definition) is 4. The van der Waals surface area contributed by atoms with E-state index in [4.69, 9.17) is 4.42 Å². The number of thioether (sulfide) groups is 1. The van der Waals surface area contributed by atoms with E-state index in [-0.39, 0.29) is 5.12 Å². The Morgan fingerprint density at radius 3 is 2.67 bits per heavy atom. The number of carbonyl (C=O) groups excluding carboxylic acids is 1. The molecule has 88 valence electrons. The SMILES string of the molecule is O=C1SC(c2ccccc2)=N/C1=C\c1ccco1. The maximum Gasteiger partial charge on any atom is 0.244 e. The monoisotopic (exact) mass is 255 g/mol. The minimum Gasteiger partial charge on any atom is -0.465 e. The Hall–Kier alpha value is -2.07. The minimum absolute atomic E-state index is 0.0507. The minimum atomic E-state index is -0.0507. The van der Waals surface area contributed by atoms with Crippen molar-refractivity contribution in [3.63, 3.8) is 0 Å². The summed E-state index contributed by atoms with van der Waals surface area (Å²) in [5.41, 5.74) is 1.38. The van der Waals surface area contributed by atoms with E-state index in [0.717, 1.165) is 22.4 Å². The van der Waals surface area contributed by atoms with E-state index >= 15 is 0 Å². The number of hydrogen-bond donors (Lipinski definition) is 0. The van der Waals surface area contributed by atoms with Crippen molar-refractivity contribution in [2.75, 3.05) is 0 Å². The fourth-order valence-electron chi connectivity index (χ4n) is 1.62. The largest absolute Gasteiger partial charge is 0.465 e. The molecule has 4 heteroatoms. The third kappa shape index (κ3) is 2.15. The predicted molar refractivity (Wildman–Crippen MR) is 72.3 cm³/mol. The first-order valence-corrected chi connectivity index (χ1v) is 6.26. The smallest absolute Gasteiger partial charge is 0.244 e. The van der Waals surface area contributed by atoms with Crippen LogP contribution in [0.25, 0.3) is 6.08 Å². The molecular weight excluding hydrogens is 246 g/mol. The highest BCUT2D eigenvalue weighted by atomic mass is 32.2. The van der Waals surface area contributed by atoms with E-state index in [0.29, 0.717) is 11.5 Å². The first kappa shape index (κ1) is 11.0. The summed E-state index contributed by atoms with van der Waals surface area (Å²) in [6, 6.07) is 13.2. The molecule has 0 radical (unpaired) electrons. The van der Waals surface area contributed by atoms with Crippen LogP contribution in [0, 0.1) is 0 Å². The van der Waals surface area contributed by atoms with Gasteiger partial charge in [-0.1, -0.05) is 30.3 Å². The molecule has 0 bridgehead atoms. The van der Waals surface area contributed by atoms with Crippen LogP contribution in [-0.4, -0.2) is 10.2 Å². The number of rotatable bonds is 2. The Balaban J connectivity index is 1.95. The van der Waals surface area contributed by atoms with Gasteiger partial charge >= 0.3 is 0 Å². The molecule has 0 N–H and O–H groups in total. The predicted octanol–water partition coefficient (Wildman–Crippen LogP) is 3.34. The molecule has 2 aromatic rings. The second-order valence-electron chi connectivity index (χ2n) is 3.72. The molecule has 0 unspecified atom stereocenters. The summed E-state index contributed by atoms with van der Waals surface area (Å²) >= 11 is 1.15. The molecule has 0 spiro atoms. The van der Waals surface area contributed by atoms with Crippen molar-refractivity contribution in [2.45, 2.75) is 0 Å². The lowest BCUT2D eigenvalue weighted by molar-refractivity contribution is -0.107. The van der Waals surface area contributed by atoms with E-state index in [2.05, 4.69) is 4.99 Å². The number of carbonyl (C=O) groups is 1. The van der Waals surface area contributed by atoms with Crippen molar-refractivity contribution in [3.8, 4) is 0 Å². The first-order chi connectivity index (χ1) is 8.83. The van der Waals surface area contributed by atoms with Crippen molar-refractivity contribution in [1.82, 2.24) is 0 Å². The normalized spacial score (nSPS) is 17.2. The maximum atomic E-state index is 11.8. The zero-order valence-corrected chi connectivity index (χ0v) is 10.2. The summed E-state index contributed by atoms with van der Waals surface area (Å²) < 4.78 is 5.18. The van der Waals surface area contributed by atoms with Gasteiger partial charge in [-0.05, 0) is 23.9 Å². The van der Waals surface area contributed by atoms with E-state index < -0.39 is 0 Å². The summed E-state index contributed by atoms with van der Waals surface area (Å²) in [6.07, 6.45) is 3.23. The Morgan fingerprint density at radius 1 is 1.11 bits per heavy atom. The average Bonchev–Trinajstić information content (AvgIpc) is 3.02. The van der Waals surface area contributed by atoms with Crippen LogP contribution in [0.3, 0.4) is 0 Å². The van der Waals surface area contributed by atoms with Gasteiger partial charge in [-0.3, -0.25) is 4.79 Å². The van der Waals surface area contributed by atoms with Crippen molar-refractivity contribution >= 4 is 28.0 Å². The van der Waals surface area contributed by atoms with Crippen LogP contribution in [-0.2, 0) is 4.79 Å². The summed E-state index contributed by atoms with van der Waals surface area (Å²) in [7, 11) is 0. The lowest BCUT2D eigenvalue weighted by Gasteiger charge is -1.95. The third-order valence-corrected chi connectivity index (χ3v) is 3.38. The zero-order chi connectivity index (χ0) is 12.4. The van der Waals surface area contributed by atoms with E-state index in [1.807, 2.05) is 30.3 Å². The Bertz CT molecular complexity index is 627. The number of furan rings is 1. The molecule has 0 saturated heterocycles. The molecule has 3 rings (SSSR count). The lowest BCUT2D eigenvalue weighted by atomic mass is 10.2. The van der Waals surface area contributed by atoms with Gasteiger partial charge < -0.3 is 4.42 Å². The second kappa shape index (κ2) is 4.66. The molecule has 2 heterocycles. The van der Waals surface area contributed by atoms with Crippen LogP contribution in [0.4, 0.5) is 0 Å². The second-order valence-corrected chi connectivity index (χ2v) is 4.68.